The van der Waals surface area contributed by atoms with Crippen LogP contribution in [-0.2, 0) is 17.4 Å². The van der Waals surface area contributed by atoms with E-state index in [0.29, 0.717) is 24.3 Å². The van der Waals surface area contributed by atoms with E-state index in [9.17, 15) is 27.6 Å². The first kappa shape index (κ1) is 27.2. The Hall–Kier alpha value is -3.36. The normalized spacial score (nSPS) is 17.9. The van der Waals surface area contributed by atoms with E-state index in [1.54, 1.807) is 12.1 Å². The molecule has 2 aromatic rings. The van der Waals surface area contributed by atoms with E-state index in [-0.39, 0.29) is 30.1 Å². The van der Waals surface area contributed by atoms with Gasteiger partial charge in [0, 0.05) is 23.2 Å². The zero-order chi connectivity index (χ0) is 26.3. The lowest BCUT2D eigenvalue weighted by molar-refractivity contribution is -0.137. The zero-order valence-corrected chi connectivity index (χ0v) is 20.5. The molecule has 0 radical (unpaired) electrons. The van der Waals surface area contributed by atoms with Crippen molar-refractivity contribution in [3.8, 4) is 0 Å². The van der Waals surface area contributed by atoms with Crippen LogP contribution in [0.15, 0.2) is 48.5 Å². The molecule has 1 fully saturated rings. The van der Waals surface area contributed by atoms with Crippen LogP contribution in [0.3, 0.4) is 0 Å². The molecule has 194 valence electrons. The van der Waals surface area contributed by atoms with Crippen molar-refractivity contribution in [2.45, 2.75) is 64.2 Å². The lowest BCUT2D eigenvalue weighted by Gasteiger charge is -2.33. The van der Waals surface area contributed by atoms with Crippen LogP contribution < -0.4 is 16.0 Å². The molecule has 3 rings (SSSR count). The number of halogens is 3. The first-order valence-corrected chi connectivity index (χ1v) is 12.2. The van der Waals surface area contributed by atoms with Crippen LogP contribution in [0.4, 0.5) is 13.2 Å². The summed E-state index contributed by atoms with van der Waals surface area (Å²) >= 11 is 0. The minimum atomic E-state index is -4.57. The molecule has 9 heteroatoms. The first-order valence-electron chi connectivity index (χ1n) is 12.2. The van der Waals surface area contributed by atoms with E-state index in [1.807, 2.05) is 12.1 Å². The highest BCUT2D eigenvalue weighted by Crippen LogP contribution is 2.29. The molecule has 1 saturated carbocycles. The maximum Gasteiger partial charge on any atom is 0.416 e. The SMILES string of the molecule is CC(C)Cc1ccc(C(=O)N[C@H]2CCCC[C@H]2NC(=O)CNC(=O)c2cccc(C(F)(F)F)c2)cc1. The predicted octanol–water partition coefficient (Wildman–Crippen LogP) is 4.49. The first-order chi connectivity index (χ1) is 17.0. The van der Waals surface area contributed by atoms with Crippen molar-refractivity contribution in [1.29, 1.82) is 0 Å². The number of amides is 3. The molecule has 2 aromatic carbocycles. The Balaban J connectivity index is 1.53. The number of hydrogen-bond donors (Lipinski definition) is 3. The summed E-state index contributed by atoms with van der Waals surface area (Å²) in [7, 11) is 0. The molecule has 3 amide bonds. The minimum Gasteiger partial charge on any atom is -0.350 e. The van der Waals surface area contributed by atoms with E-state index in [1.165, 1.54) is 6.07 Å². The summed E-state index contributed by atoms with van der Waals surface area (Å²) in [4.78, 5) is 37.5. The number of hydrogen-bond acceptors (Lipinski definition) is 3. The fourth-order valence-corrected chi connectivity index (χ4v) is 4.35. The summed E-state index contributed by atoms with van der Waals surface area (Å²) in [6, 6.07) is 10.9. The largest absolute Gasteiger partial charge is 0.416 e. The van der Waals surface area contributed by atoms with Crippen LogP contribution in [0.25, 0.3) is 0 Å². The van der Waals surface area contributed by atoms with Gasteiger partial charge in [-0.1, -0.05) is 44.9 Å². The molecule has 6 nitrogen and oxygen atoms in total. The van der Waals surface area contributed by atoms with Crippen molar-refractivity contribution < 1.29 is 27.6 Å². The van der Waals surface area contributed by atoms with Gasteiger partial charge in [0.2, 0.25) is 5.91 Å². The summed E-state index contributed by atoms with van der Waals surface area (Å²) in [6.07, 6.45) is -0.452. The standard InChI is InChI=1S/C27H32F3N3O3/c1-17(2)14-18-10-12-19(13-11-18)26(36)33-23-9-4-3-8-22(23)32-24(34)16-31-25(35)20-6-5-7-21(15-20)27(28,29)30/h5-7,10-13,15,17,22-23H,3-4,8-9,14,16H2,1-2H3,(H,31,35)(H,32,34)(H,33,36)/t22-,23+/m1/s1. The Kier molecular flexibility index (Phi) is 9.12. The molecule has 0 aliphatic heterocycles. The monoisotopic (exact) mass is 503 g/mol. The summed E-state index contributed by atoms with van der Waals surface area (Å²) in [6.45, 7) is 3.88. The topological polar surface area (TPSA) is 87.3 Å². The third-order valence-electron chi connectivity index (χ3n) is 6.15. The second kappa shape index (κ2) is 12.1. The zero-order valence-electron chi connectivity index (χ0n) is 20.5. The molecular weight excluding hydrogens is 471 g/mol. The molecule has 3 N–H and O–H groups in total. The van der Waals surface area contributed by atoms with Gasteiger partial charge in [-0.25, -0.2) is 0 Å². The van der Waals surface area contributed by atoms with Gasteiger partial charge in [0.05, 0.1) is 12.1 Å². The van der Waals surface area contributed by atoms with E-state index in [4.69, 9.17) is 0 Å². The quantitative estimate of drug-likeness (QED) is 0.496. The van der Waals surface area contributed by atoms with Gasteiger partial charge in [0.25, 0.3) is 11.8 Å². The maximum absolute atomic E-state index is 12.9. The third-order valence-corrected chi connectivity index (χ3v) is 6.15. The van der Waals surface area contributed by atoms with Gasteiger partial charge in [0.1, 0.15) is 0 Å². The summed E-state index contributed by atoms with van der Waals surface area (Å²) in [5.74, 6) is -0.939. The number of rotatable bonds is 8. The molecule has 2 atom stereocenters. The van der Waals surface area contributed by atoms with Crippen LogP contribution in [0.2, 0.25) is 0 Å². The maximum atomic E-state index is 12.9. The summed E-state index contributed by atoms with van der Waals surface area (Å²) in [5.41, 5.74) is 0.595. The number of alkyl halides is 3. The molecule has 1 aliphatic carbocycles. The van der Waals surface area contributed by atoms with Crippen molar-refractivity contribution in [2.75, 3.05) is 6.54 Å². The van der Waals surface area contributed by atoms with E-state index >= 15 is 0 Å². The van der Waals surface area contributed by atoms with Gasteiger partial charge < -0.3 is 16.0 Å². The molecule has 0 bridgehead atoms. The Morgan fingerprint density at radius 2 is 1.53 bits per heavy atom. The van der Waals surface area contributed by atoms with E-state index in [2.05, 4.69) is 29.8 Å². The Bertz CT molecular complexity index is 1070. The van der Waals surface area contributed by atoms with Gasteiger partial charge >= 0.3 is 6.18 Å². The minimum absolute atomic E-state index is 0.181. The second-order valence-electron chi connectivity index (χ2n) is 9.59. The Morgan fingerprint density at radius 1 is 0.889 bits per heavy atom. The fraction of sp³-hybridized carbons (Fsp3) is 0.444. The van der Waals surface area contributed by atoms with Gasteiger partial charge in [0.15, 0.2) is 0 Å². The average Bonchev–Trinajstić information content (AvgIpc) is 2.83. The second-order valence-corrected chi connectivity index (χ2v) is 9.59. The highest BCUT2D eigenvalue weighted by atomic mass is 19.4. The molecule has 1 aliphatic rings. The Morgan fingerprint density at radius 3 is 2.14 bits per heavy atom. The van der Waals surface area contributed by atoms with Crippen LogP contribution in [0, 0.1) is 5.92 Å². The van der Waals surface area contributed by atoms with Gasteiger partial charge in [-0.3, -0.25) is 14.4 Å². The molecule has 0 saturated heterocycles. The predicted molar refractivity (Wildman–Crippen MR) is 130 cm³/mol. The highest BCUT2D eigenvalue weighted by Gasteiger charge is 2.31. The Labute approximate surface area is 209 Å². The summed E-state index contributed by atoms with van der Waals surface area (Å²) < 4.78 is 38.6. The number of carbonyl (C=O) groups is 3. The van der Waals surface area contributed by atoms with Crippen LogP contribution in [0.5, 0.6) is 0 Å². The van der Waals surface area contributed by atoms with Crippen LogP contribution >= 0.6 is 0 Å². The molecule has 36 heavy (non-hydrogen) atoms. The van der Waals surface area contributed by atoms with Crippen LogP contribution in [0.1, 0.15) is 71.4 Å². The van der Waals surface area contributed by atoms with Crippen molar-refractivity contribution in [3.63, 3.8) is 0 Å². The van der Waals surface area contributed by atoms with Crippen molar-refractivity contribution in [3.05, 3.63) is 70.8 Å². The average molecular weight is 504 g/mol. The van der Waals surface area contributed by atoms with Crippen molar-refractivity contribution >= 4 is 17.7 Å². The lowest BCUT2D eigenvalue weighted by atomic mass is 9.90. The van der Waals surface area contributed by atoms with Crippen molar-refractivity contribution in [1.82, 2.24) is 16.0 Å². The number of benzene rings is 2. The smallest absolute Gasteiger partial charge is 0.350 e. The summed E-state index contributed by atoms with van der Waals surface area (Å²) in [5, 5.41) is 8.23. The van der Waals surface area contributed by atoms with E-state index < -0.39 is 23.6 Å². The van der Waals surface area contributed by atoms with Gasteiger partial charge in [-0.05, 0) is 61.1 Å². The number of nitrogens with one attached hydrogen (secondary N) is 3. The lowest BCUT2D eigenvalue weighted by Crippen LogP contribution is -2.54. The molecule has 0 heterocycles. The molecule has 0 aromatic heterocycles. The fourth-order valence-electron chi connectivity index (χ4n) is 4.35. The van der Waals surface area contributed by atoms with Gasteiger partial charge in [-0.15, -0.1) is 0 Å². The molecule has 0 unspecified atom stereocenters. The molecule has 0 spiro atoms. The highest BCUT2D eigenvalue weighted by molar-refractivity contribution is 5.97. The third kappa shape index (κ3) is 7.83. The van der Waals surface area contributed by atoms with Crippen molar-refractivity contribution in [2.24, 2.45) is 5.92 Å². The van der Waals surface area contributed by atoms with Crippen LogP contribution in [-0.4, -0.2) is 36.3 Å². The molecular formula is C27H32F3N3O3. The van der Waals surface area contributed by atoms with Gasteiger partial charge in [-0.2, -0.15) is 13.2 Å². The number of carbonyl (C=O) groups excluding carboxylic acids is 3. The van der Waals surface area contributed by atoms with E-state index in [0.717, 1.165) is 43.0 Å².